The maximum absolute atomic E-state index is 12.5. The topological polar surface area (TPSA) is 57.1 Å². The van der Waals surface area contributed by atoms with Crippen molar-refractivity contribution < 1.29 is 4.79 Å². The normalized spacial score (nSPS) is 18.0. The third-order valence-electron chi connectivity index (χ3n) is 5.71. The molecule has 2 heterocycles. The number of nitrogens with zero attached hydrogens (tertiary/aromatic N) is 3. The Hall–Kier alpha value is -2.15. The van der Waals surface area contributed by atoms with Crippen molar-refractivity contribution in [1.29, 1.82) is 0 Å². The lowest BCUT2D eigenvalue weighted by atomic mass is 9.98. The second-order valence-electron chi connectivity index (χ2n) is 8.01. The molecule has 1 saturated heterocycles. The summed E-state index contributed by atoms with van der Waals surface area (Å²) in [6.45, 7) is 7.32. The minimum Gasteiger partial charge on any atom is -0.325 e. The van der Waals surface area contributed by atoms with Crippen LogP contribution in [0.1, 0.15) is 30.9 Å². The van der Waals surface area contributed by atoms with Crippen LogP contribution in [0.4, 0.5) is 5.69 Å². The van der Waals surface area contributed by atoms with E-state index >= 15 is 0 Å². The Morgan fingerprint density at radius 3 is 2.58 bits per heavy atom. The summed E-state index contributed by atoms with van der Waals surface area (Å²) in [5.41, 5.74) is 3.48. The van der Waals surface area contributed by atoms with E-state index in [1.54, 1.807) is 12.1 Å². The number of rotatable bonds is 5. The van der Waals surface area contributed by atoms with Crippen molar-refractivity contribution in [3.63, 3.8) is 0 Å². The number of aliphatic imine (C=N–C) groups is 2. The number of aryl methyl sites for hydroxylation is 1. The number of hydrogen-bond acceptors (Lipinski definition) is 5. The molecule has 162 valence electrons. The van der Waals surface area contributed by atoms with Gasteiger partial charge in [0.1, 0.15) is 5.04 Å². The molecule has 1 spiro atoms. The van der Waals surface area contributed by atoms with Gasteiger partial charge < -0.3 is 10.2 Å². The number of hydrogen-bond donors (Lipinski definition) is 1. The zero-order chi connectivity index (χ0) is 21.8. The van der Waals surface area contributed by atoms with E-state index in [2.05, 4.69) is 48.3 Å². The van der Waals surface area contributed by atoms with E-state index in [9.17, 15) is 4.79 Å². The maximum Gasteiger partial charge on any atom is 0.234 e. The Balaban J connectivity index is 1.50. The van der Waals surface area contributed by atoms with E-state index in [4.69, 9.17) is 21.6 Å². The van der Waals surface area contributed by atoms with Crippen LogP contribution in [0.25, 0.3) is 0 Å². The number of halogens is 1. The molecule has 1 amide bonds. The lowest BCUT2D eigenvalue weighted by Gasteiger charge is -2.34. The largest absolute Gasteiger partial charge is 0.325 e. The highest BCUT2D eigenvalue weighted by Crippen LogP contribution is 2.35. The van der Waals surface area contributed by atoms with Gasteiger partial charge in [0, 0.05) is 42.2 Å². The summed E-state index contributed by atoms with van der Waals surface area (Å²) in [5, 5.41) is 4.36. The first kappa shape index (κ1) is 22.1. The number of thioether (sulfide) groups is 1. The minimum atomic E-state index is -0.391. The minimum absolute atomic E-state index is 0.0834. The van der Waals surface area contributed by atoms with E-state index in [-0.39, 0.29) is 11.7 Å². The van der Waals surface area contributed by atoms with Crippen molar-refractivity contribution in [2.24, 2.45) is 9.98 Å². The number of anilines is 1. The van der Waals surface area contributed by atoms with Crippen LogP contribution in [0.3, 0.4) is 0 Å². The third-order valence-corrected chi connectivity index (χ3v) is 6.91. The molecule has 1 fully saturated rings. The number of amides is 1. The summed E-state index contributed by atoms with van der Waals surface area (Å²) in [5.74, 6) is 0.188. The zero-order valence-electron chi connectivity index (χ0n) is 17.9. The van der Waals surface area contributed by atoms with E-state index in [0.29, 0.717) is 10.7 Å². The van der Waals surface area contributed by atoms with Gasteiger partial charge in [-0.3, -0.25) is 9.79 Å². The van der Waals surface area contributed by atoms with Crippen molar-refractivity contribution in [3.05, 3.63) is 64.7 Å². The van der Waals surface area contributed by atoms with Gasteiger partial charge in [-0.25, -0.2) is 4.99 Å². The molecule has 7 heteroatoms. The molecule has 2 aliphatic heterocycles. The van der Waals surface area contributed by atoms with Gasteiger partial charge in [0.2, 0.25) is 5.91 Å². The Bertz CT molecular complexity index is 1010. The summed E-state index contributed by atoms with van der Waals surface area (Å²) in [6, 6.07) is 15.6. The summed E-state index contributed by atoms with van der Waals surface area (Å²) >= 11 is 7.47. The molecular weight excluding hydrogens is 428 g/mol. The predicted octanol–water partition coefficient (Wildman–Crippen LogP) is 5.03. The predicted molar refractivity (Wildman–Crippen MR) is 132 cm³/mol. The SMILES string of the molecule is CCN1CCC2(CC1)N=C(SCC(=O)Nc1cccc(Cl)c1)C(c1ccc(C)cc1)=N2. The number of likely N-dealkylation sites (tertiary alicyclic amines) is 1. The van der Waals surface area contributed by atoms with Gasteiger partial charge in [-0.15, -0.1) is 0 Å². The molecule has 0 saturated carbocycles. The molecule has 0 aromatic heterocycles. The lowest BCUT2D eigenvalue weighted by molar-refractivity contribution is -0.113. The van der Waals surface area contributed by atoms with Gasteiger partial charge in [0.25, 0.3) is 0 Å². The number of benzene rings is 2. The van der Waals surface area contributed by atoms with Crippen LogP contribution >= 0.6 is 23.4 Å². The van der Waals surface area contributed by atoms with Crippen LogP contribution in [-0.2, 0) is 4.79 Å². The van der Waals surface area contributed by atoms with Crippen LogP contribution in [-0.4, -0.2) is 52.6 Å². The van der Waals surface area contributed by atoms with E-state index in [1.165, 1.54) is 17.3 Å². The first-order valence-electron chi connectivity index (χ1n) is 10.6. The van der Waals surface area contributed by atoms with Crippen LogP contribution in [0.2, 0.25) is 5.02 Å². The van der Waals surface area contributed by atoms with Crippen molar-refractivity contribution in [3.8, 4) is 0 Å². The van der Waals surface area contributed by atoms with E-state index in [0.717, 1.165) is 48.8 Å². The number of carbonyl (C=O) groups excluding carboxylic acids is 1. The molecule has 2 aliphatic rings. The van der Waals surface area contributed by atoms with Gasteiger partial charge in [-0.05, 0) is 31.7 Å². The molecule has 31 heavy (non-hydrogen) atoms. The molecule has 0 radical (unpaired) electrons. The Morgan fingerprint density at radius 2 is 1.90 bits per heavy atom. The van der Waals surface area contributed by atoms with Crippen molar-refractivity contribution >= 4 is 45.7 Å². The first-order valence-corrected chi connectivity index (χ1v) is 12.0. The van der Waals surface area contributed by atoms with E-state index in [1.807, 2.05) is 12.1 Å². The standard InChI is InChI=1S/C24H27ClN4OS/c1-3-29-13-11-24(12-14-29)27-22(18-9-7-17(2)8-10-18)23(28-24)31-16-21(30)26-20-6-4-5-19(25)15-20/h4-10,15H,3,11-14,16H2,1-2H3,(H,26,30). The highest BCUT2D eigenvalue weighted by atomic mass is 35.5. The number of nitrogens with one attached hydrogen (secondary N) is 1. The highest BCUT2D eigenvalue weighted by molar-refractivity contribution is 8.16. The molecule has 2 aromatic carbocycles. The fourth-order valence-electron chi connectivity index (χ4n) is 3.87. The zero-order valence-corrected chi connectivity index (χ0v) is 19.5. The second-order valence-corrected chi connectivity index (χ2v) is 9.41. The maximum atomic E-state index is 12.5. The Labute approximate surface area is 193 Å². The molecule has 0 bridgehead atoms. The average Bonchev–Trinajstić information content (AvgIpc) is 3.11. The van der Waals surface area contributed by atoms with Gasteiger partial charge in [0.05, 0.1) is 11.5 Å². The second kappa shape index (κ2) is 9.55. The molecule has 0 atom stereocenters. The summed E-state index contributed by atoms with van der Waals surface area (Å²) < 4.78 is 0. The first-order chi connectivity index (χ1) is 15.0. The number of carbonyl (C=O) groups is 1. The molecule has 0 aliphatic carbocycles. The monoisotopic (exact) mass is 454 g/mol. The molecule has 5 nitrogen and oxygen atoms in total. The van der Waals surface area contributed by atoms with Crippen molar-refractivity contribution in [2.75, 3.05) is 30.7 Å². The highest BCUT2D eigenvalue weighted by Gasteiger charge is 2.39. The molecule has 4 rings (SSSR count). The number of piperidine rings is 1. The van der Waals surface area contributed by atoms with Crippen molar-refractivity contribution in [2.45, 2.75) is 32.4 Å². The molecule has 2 aromatic rings. The Kier molecular flexibility index (Phi) is 6.80. The average molecular weight is 455 g/mol. The Morgan fingerprint density at radius 1 is 1.16 bits per heavy atom. The smallest absolute Gasteiger partial charge is 0.234 e. The van der Waals surface area contributed by atoms with E-state index < -0.39 is 5.66 Å². The molecule has 0 unspecified atom stereocenters. The summed E-state index contributed by atoms with van der Waals surface area (Å²) in [7, 11) is 0. The lowest BCUT2D eigenvalue weighted by Crippen LogP contribution is -2.41. The van der Waals surface area contributed by atoms with Gasteiger partial charge in [-0.2, -0.15) is 0 Å². The van der Waals surface area contributed by atoms with Crippen LogP contribution in [0, 0.1) is 6.92 Å². The summed E-state index contributed by atoms with van der Waals surface area (Å²) in [6.07, 6.45) is 1.82. The fourth-order valence-corrected chi connectivity index (χ4v) is 4.94. The van der Waals surface area contributed by atoms with Gasteiger partial charge in [-0.1, -0.05) is 66.2 Å². The van der Waals surface area contributed by atoms with Crippen LogP contribution in [0.5, 0.6) is 0 Å². The third kappa shape index (κ3) is 5.37. The van der Waals surface area contributed by atoms with Crippen LogP contribution < -0.4 is 5.32 Å². The van der Waals surface area contributed by atoms with Gasteiger partial charge >= 0.3 is 0 Å². The quantitative estimate of drug-likeness (QED) is 0.689. The summed E-state index contributed by atoms with van der Waals surface area (Å²) in [4.78, 5) is 25.2. The molecule has 1 N–H and O–H groups in total. The van der Waals surface area contributed by atoms with Crippen molar-refractivity contribution in [1.82, 2.24) is 4.90 Å². The fraction of sp³-hybridized carbons (Fsp3) is 0.375. The van der Waals surface area contributed by atoms with Crippen LogP contribution in [0.15, 0.2) is 58.5 Å². The molecular formula is C24H27ClN4OS. The van der Waals surface area contributed by atoms with Gasteiger partial charge in [0.15, 0.2) is 5.66 Å².